The standard InChI is InChI=1S/C8H15NO2/c1-6-2-3-9-5-7(6)4-8(10)11/h6-7,9H,2-5H2,1H3,(H,10,11)/t6-,7-/m0/s1. The van der Waals surface area contributed by atoms with Crippen molar-refractivity contribution in [3.63, 3.8) is 0 Å². The Morgan fingerprint density at radius 3 is 3.00 bits per heavy atom. The van der Waals surface area contributed by atoms with Crippen LogP contribution in [0.1, 0.15) is 19.8 Å². The lowest BCUT2D eigenvalue weighted by molar-refractivity contribution is -0.138. The smallest absolute Gasteiger partial charge is 0.303 e. The van der Waals surface area contributed by atoms with E-state index in [0.717, 1.165) is 19.5 Å². The highest BCUT2D eigenvalue weighted by Gasteiger charge is 2.22. The molecule has 1 saturated heterocycles. The second-order valence-electron chi connectivity index (χ2n) is 3.33. The molecule has 0 radical (unpaired) electrons. The summed E-state index contributed by atoms with van der Waals surface area (Å²) >= 11 is 0. The van der Waals surface area contributed by atoms with E-state index in [4.69, 9.17) is 5.11 Å². The van der Waals surface area contributed by atoms with Crippen LogP contribution in [-0.2, 0) is 4.79 Å². The lowest BCUT2D eigenvalue weighted by Crippen LogP contribution is -2.36. The van der Waals surface area contributed by atoms with Crippen molar-refractivity contribution in [1.29, 1.82) is 0 Å². The zero-order valence-electron chi connectivity index (χ0n) is 6.84. The van der Waals surface area contributed by atoms with Crippen LogP contribution in [0.5, 0.6) is 0 Å². The van der Waals surface area contributed by atoms with Crippen molar-refractivity contribution in [2.45, 2.75) is 19.8 Å². The van der Waals surface area contributed by atoms with Gasteiger partial charge in [-0.1, -0.05) is 6.92 Å². The van der Waals surface area contributed by atoms with Gasteiger partial charge in [-0.05, 0) is 31.3 Å². The maximum Gasteiger partial charge on any atom is 0.303 e. The maximum absolute atomic E-state index is 10.4. The van der Waals surface area contributed by atoms with Crippen LogP contribution in [0.25, 0.3) is 0 Å². The highest BCUT2D eigenvalue weighted by atomic mass is 16.4. The molecule has 0 aromatic rings. The van der Waals surface area contributed by atoms with Crippen LogP contribution in [-0.4, -0.2) is 24.2 Å². The Balaban J connectivity index is 2.35. The summed E-state index contributed by atoms with van der Waals surface area (Å²) in [6.45, 7) is 4.04. The minimum Gasteiger partial charge on any atom is -0.481 e. The fourth-order valence-electron chi connectivity index (χ4n) is 1.55. The molecule has 1 heterocycles. The summed E-state index contributed by atoms with van der Waals surface area (Å²) in [6.07, 6.45) is 1.42. The molecule has 0 aliphatic carbocycles. The van der Waals surface area contributed by atoms with Crippen LogP contribution >= 0.6 is 0 Å². The lowest BCUT2D eigenvalue weighted by atomic mass is 9.86. The molecule has 1 rings (SSSR count). The summed E-state index contributed by atoms with van der Waals surface area (Å²) in [4.78, 5) is 10.4. The van der Waals surface area contributed by atoms with E-state index in [1.54, 1.807) is 0 Å². The molecule has 2 atom stereocenters. The van der Waals surface area contributed by atoms with Gasteiger partial charge < -0.3 is 10.4 Å². The van der Waals surface area contributed by atoms with Crippen molar-refractivity contribution >= 4 is 5.97 Å². The molecule has 0 saturated carbocycles. The molecule has 1 fully saturated rings. The summed E-state index contributed by atoms with van der Waals surface area (Å²) in [5.74, 6) is 0.221. The second kappa shape index (κ2) is 3.72. The number of hydrogen-bond acceptors (Lipinski definition) is 2. The van der Waals surface area contributed by atoms with Crippen molar-refractivity contribution in [3.05, 3.63) is 0 Å². The quantitative estimate of drug-likeness (QED) is 0.620. The Morgan fingerprint density at radius 2 is 2.45 bits per heavy atom. The van der Waals surface area contributed by atoms with E-state index in [2.05, 4.69) is 12.2 Å². The van der Waals surface area contributed by atoms with Gasteiger partial charge in [0.2, 0.25) is 0 Å². The van der Waals surface area contributed by atoms with Gasteiger partial charge in [-0.3, -0.25) is 4.79 Å². The van der Waals surface area contributed by atoms with Crippen molar-refractivity contribution in [3.8, 4) is 0 Å². The Labute approximate surface area is 66.8 Å². The van der Waals surface area contributed by atoms with Gasteiger partial charge in [0, 0.05) is 6.42 Å². The first-order valence-electron chi connectivity index (χ1n) is 4.12. The van der Waals surface area contributed by atoms with Crippen molar-refractivity contribution in [2.75, 3.05) is 13.1 Å². The Hall–Kier alpha value is -0.570. The first-order valence-corrected chi connectivity index (χ1v) is 4.12. The summed E-state index contributed by atoms with van der Waals surface area (Å²) in [5.41, 5.74) is 0. The van der Waals surface area contributed by atoms with E-state index in [9.17, 15) is 4.79 Å². The molecule has 0 bridgehead atoms. The number of carboxylic acids is 1. The molecular weight excluding hydrogens is 142 g/mol. The normalized spacial score (nSPS) is 31.7. The first-order chi connectivity index (χ1) is 5.20. The average Bonchev–Trinajstić information content (AvgIpc) is 1.93. The zero-order valence-corrected chi connectivity index (χ0v) is 6.84. The molecule has 11 heavy (non-hydrogen) atoms. The summed E-state index contributed by atoms with van der Waals surface area (Å²) in [6, 6.07) is 0. The molecule has 0 aromatic carbocycles. The largest absolute Gasteiger partial charge is 0.481 e. The maximum atomic E-state index is 10.4. The molecule has 2 N–H and O–H groups in total. The van der Waals surface area contributed by atoms with E-state index in [0.29, 0.717) is 18.3 Å². The van der Waals surface area contributed by atoms with E-state index < -0.39 is 5.97 Å². The number of aliphatic carboxylic acids is 1. The zero-order chi connectivity index (χ0) is 8.27. The average molecular weight is 157 g/mol. The van der Waals surface area contributed by atoms with E-state index >= 15 is 0 Å². The van der Waals surface area contributed by atoms with Gasteiger partial charge in [0.05, 0.1) is 0 Å². The van der Waals surface area contributed by atoms with Crippen LogP contribution in [0.3, 0.4) is 0 Å². The van der Waals surface area contributed by atoms with Gasteiger partial charge in [-0.15, -0.1) is 0 Å². The third kappa shape index (κ3) is 2.50. The number of rotatable bonds is 2. The SMILES string of the molecule is C[C@H]1CCNC[C@@H]1CC(=O)O. The third-order valence-electron chi connectivity index (χ3n) is 2.42. The number of nitrogens with one attached hydrogen (secondary N) is 1. The second-order valence-corrected chi connectivity index (χ2v) is 3.33. The van der Waals surface area contributed by atoms with Crippen LogP contribution in [0.15, 0.2) is 0 Å². The Bertz CT molecular complexity index is 147. The number of piperidine rings is 1. The van der Waals surface area contributed by atoms with Crippen molar-refractivity contribution in [2.24, 2.45) is 11.8 Å². The minimum absolute atomic E-state index is 0.314. The minimum atomic E-state index is -0.675. The van der Waals surface area contributed by atoms with Gasteiger partial charge in [0.1, 0.15) is 0 Å². The molecule has 0 amide bonds. The van der Waals surface area contributed by atoms with Gasteiger partial charge in [-0.2, -0.15) is 0 Å². The number of carboxylic acid groups (broad SMARTS) is 1. The van der Waals surface area contributed by atoms with Crippen molar-refractivity contribution < 1.29 is 9.90 Å². The van der Waals surface area contributed by atoms with Crippen LogP contribution < -0.4 is 5.32 Å². The Morgan fingerprint density at radius 1 is 1.73 bits per heavy atom. The first kappa shape index (κ1) is 8.53. The van der Waals surface area contributed by atoms with E-state index in [1.165, 1.54) is 0 Å². The molecule has 64 valence electrons. The molecule has 0 aromatic heterocycles. The van der Waals surface area contributed by atoms with E-state index in [1.807, 2.05) is 0 Å². The molecule has 3 heteroatoms. The predicted molar refractivity (Wildman–Crippen MR) is 42.4 cm³/mol. The summed E-state index contributed by atoms with van der Waals surface area (Å²) in [7, 11) is 0. The van der Waals surface area contributed by atoms with E-state index in [-0.39, 0.29) is 0 Å². The fourth-order valence-corrected chi connectivity index (χ4v) is 1.55. The molecule has 1 aliphatic heterocycles. The monoisotopic (exact) mass is 157 g/mol. The fraction of sp³-hybridized carbons (Fsp3) is 0.875. The Kier molecular flexibility index (Phi) is 2.88. The van der Waals surface area contributed by atoms with Gasteiger partial charge in [0.15, 0.2) is 0 Å². The summed E-state index contributed by atoms with van der Waals surface area (Å²) < 4.78 is 0. The molecule has 0 spiro atoms. The summed E-state index contributed by atoms with van der Waals surface area (Å²) in [5, 5.41) is 11.8. The van der Waals surface area contributed by atoms with Crippen LogP contribution in [0.2, 0.25) is 0 Å². The van der Waals surface area contributed by atoms with Crippen LogP contribution in [0, 0.1) is 11.8 Å². The molecule has 1 aliphatic rings. The molecule has 3 nitrogen and oxygen atoms in total. The molecule has 0 unspecified atom stereocenters. The number of carbonyl (C=O) groups is 1. The highest BCUT2D eigenvalue weighted by molar-refractivity contribution is 5.67. The van der Waals surface area contributed by atoms with Gasteiger partial charge in [-0.25, -0.2) is 0 Å². The predicted octanol–water partition coefficient (Wildman–Crippen LogP) is 0.707. The van der Waals surface area contributed by atoms with Crippen LogP contribution in [0.4, 0.5) is 0 Å². The third-order valence-corrected chi connectivity index (χ3v) is 2.42. The van der Waals surface area contributed by atoms with Gasteiger partial charge in [0.25, 0.3) is 0 Å². The topological polar surface area (TPSA) is 49.3 Å². The highest BCUT2D eigenvalue weighted by Crippen LogP contribution is 2.20. The lowest BCUT2D eigenvalue weighted by Gasteiger charge is -2.28. The van der Waals surface area contributed by atoms with Crippen molar-refractivity contribution in [1.82, 2.24) is 5.32 Å². The van der Waals surface area contributed by atoms with Gasteiger partial charge >= 0.3 is 5.97 Å². The number of hydrogen-bond donors (Lipinski definition) is 2. The molecular formula is C8H15NO2.